The topological polar surface area (TPSA) is 30.0 Å². The number of carbonyl (C=O) groups is 1. The molecule has 0 N–H and O–H groups in total. The molecule has 1 aromatic carbocycles. The molecule has 2 rings (SSSR count). The Morgan fingerprint density at radius 2 is 2.19 bits per heavy atom. The molecule has 1 aromatic heterocycles. The predicted octanol–water partition coefficient (Wildman–Crippen LogP) is 3.97. The van der Waals surface area contributed by atoms with Crippen LogP contribution in [0.2, 0.25) is 5.02 Å². The molecule has 0 aliphatic heterocycles. The van der Waals surface area contributed by atoms with E-state index in [1.54, 1.807) is 13.1 Å². The van der Waals surface area contributed by atoms with Crippen molar-refractivity contribution in [1.29, 1.82) is 0 Å². The molecular formula is C12H10ClNOS. The summed E-state index contributed by atoms with van der Waals surface area (Å²) in [4.78, 5) is 16.1. The van der Waals surface area contributed by atoms with E-state index in [9.17, 15) is 4.79 Å². The van der Waals surface area contributed by atoms with Gasteiger partial charge in [0.2, 0.25) is 0 Å². The Kier molecular flexibility index (Phi) is 3.08. The van der Waals surface area contributed by atoms with Crippen LogP contribution in [0, 0.1) is 6.92 Å². The highest BCUT2D eigenvalue weighted by Gasteiger charge is 2.09. The Bertz CT molecular complexity index is 548. The molecule has 0 saturated carbocycles. The normalized spacial score (nSPS) is 10.4. The lowest BCUT2D eigenvalue weighted by atomic mass is 10.1. The number of ketones is 1. The van der Waals surface area contributed by atoms with Gasteiger partial charge in [0.1, 0.15) is 5.01 Å². The van der Waals surface area contributed by atoms with Gasteiger partial charge < -0.3 is 0 Å². The van der Waals surface area contributed by atoms with Crippen LogP contribution in [-0.4, -0.2) is 10.8 Å². The van der Waals surface area contributed by atoms with Crippen LogP contribution < -0.4 is 0 Å². The van der Waals surface area contributed by atoms with Gasteiger partial charge >= 0.3 is 0 Å². The largest absolute Gasteiger partial charge is 0.294 e. The van der Waals surface area contributed by atoms with Crippen LogP contribution in [-0.2, 0) is 0 Å². The highest BCUT2D eigenvalue weighted by Crippen LogP contribution is 2.29. The lowest BCUT2D eigenvalue weighted by Crippen LogP contribution is -1.83. The molecule has 0 aliphatic rings. The van der Waals surface area contributed by atoms with Crippen LogP contribution in [0.4, 0.5) is 0 Å². The summed E-state index contributed by atoms with van der Waals surface area (Å²) in [5, 5.41) is 1.57. The SMILES string of the molecule is CC(=O)c1cnc(-c2ccc(Cl)cc2C)s1. The second kappa shape index (κ2) is 4.36. The van der Waals surface area contributed by atoms with E-state index in [1.165, 1.54) is 11.3 Å². The molecule has 0 amide bonds. The zero-order valence-corrected chi connectivity index (χ0v) is 10.5. The van der Waals surface area contributed by atoms with Crippen molar-refractivity contribution in [3.8, 4) is 10.6 Å². The first-order valence-corrected chi connectivity index (χ1v) is 6.00. The maximum absolute atomic E-state index is 11.2. The summed E-state index contributed by atoms with van der Waals surface area (Å²) < 4.78 is 0. The van der Waals surface area contributed by atoms with Crippen molar-refractivity contribution in [2.75, 3.05) is 0 Å². The van der Waals surface area contributed by atoms with Crippen LogP contribution in [0.25, 0.3) is 10.6 Å². The number of thiazole rings is 1. The standard InChI is InChI=1S/C12H10ClNOS/c1-7-5-9(13)3-4-10(7)12-14-6-11(16-12)8(2)15/h3-6H,1-2H3. The number of hydrogen-bond acceptors (Lipinski definition) is 3. The molecule has 0 unspecified atom stereocenters. The molecule has 16 heavy (non-hydrogen) atoms. The fraction of sp³-hybridized carbons (Fsp3) is 0.167. The fourth-order valence-electron chi connectivity index (χ4n) is 1.43. The zero-order valence-electron chi connectivity index (χ0n) is 8.95. The van der Waals surface area contributed by atoms with Crippen molar-refractivity contribution in [2.24, 2.45) is 0 Å². The van der Waals surface area contributed by atoms with E-state index in [-0.39, 0.29) is 5.78 Å². The van der Waals surface area contributed by atoms with Crippen molar-refractivity contribution in [3.05, 3.63) is 39.9 Å². The molecule has 82 valence electrons. The fourth-order valence-corrected chi connectivity index (χ4v) is 2.56. The van der Waals surface area contributed by atoms with Gasteiger partial charge in [-0.3, -0.25) is 4.79 Å². The summed E-state index contributed by atoms with van der Waals surface area (Å²) in [5.41, 5.74) is 2.10. The average molecular weight is 252 g/mol. The van der Waals surface area contributed by atoms with E-state index in [1.807, 2.05) is 25.1 Å². The van der Waals surface area contributed by atoms with Crippen LogP contribution in [0.15, 0.2) is 24.4 Å². The molecule has 0 radical (unpaired) electrons. The summed E-state index contributed by atoms with van der Waals surface area (Å²) >= 11 is 7.30. The summed E-state index contributed by atoms with van der Waals surface area (Å²) in [7, 11) is 0. The van der Waals surface area contributed by atoms with Gasteiger partial charge in [-0.15, -0.1) is 11.3 Å². The molecule has 1 heterocycles. The molecule has 2 aromatic rings. The molecule has 2 nitrogen and oxygen atoms in total. The summed E-state index contributed by atoms with van der Waals surface area (Å²) in [6.45, 7) is 3.53. The van der Waals surface area contributed by atoms with Gasteiger partial charge in [0.15, 0.2) is 5.78 Å². The van der Waals surface area contributed by atoms with Gasteiger partial charge in [0.05, 0.1) is 4.88 Å². The van der Waals surface area contributed by atoms with Gasteiger partial charge in [-0.1, -0.05) is 17.7 Å². The lowest BCUT2D eigenvalue weighted by molar-refractivity contribution is 0.102. The molecule has 0 aliphatic carbocycles. The van der Waals surface area contributed by atoms with Gasteiger partial charge in [0.25, 0.3) is 0 Å². The number of benzene rings is 1. The number of hydrogen-bond donors (Lipinski definition) is 0. The van der Waals surface area contributed by atoms with Crippen molar-refractivity contribution in [1.82, 2.24) is 4.98 Å². The Hall–Kier alpha value is -1.19. The van der Waals surface area contributed by atoms with Crippen LogP contribution in [0.5, 0.6) is 0 Å². The number of rotatable bonds is 2. The van der Waals surface area contributed by atoms with Gasteiger partial charge in [-0.05, 0) is 24.6 Å². The van der Waals surface area contributed by atoms with Crippen LogP contribution in [0.1, 0.15) is 22.2 Å². The third-order valence-corrected chi connectivity index (χ3v) is 3.64. The number of aromatic nitrogens is 1. The molecular weight excluding hydrogens is 242 g/mol. The Morgan fingerprint density at radius 3 is 2.75 bits per heavy atom. The second-order valence-electron chi connectivity index (χ2n) is 3.55. The minimum absolute atomic E-state index is 0.0513. The second-order valence-corrected chi connectivity index (χ2v) is 5.01. The number of nitrogens with zero attached hydrogens (tertiary/aromatic N) is 1. The van der Waals surface area contributed by atoms with Crippen molar-refractivity contribution < 1.29 is 4.79 Å². The molecule has 0 bridgehead atoms. The molecule has 0 atom stereocenters. The maximum Gasteiger partial charge on any atom is 0.171 e. The van der Waals surface area contributed by atoms with Crippen molar-refractivity contribution in [3.63, 3.8) is 0 Å². The van der Waals surface area contributed by atoms with E-state index in [0.29, 0.717) is 9.90 Å². The van der Waals surface area contributed by atoms with E-state index < -0.39 is 0 Å². The van der Waals surface area contributed by atoms with Crippen LogP contribution in [0.3, 0.4) is 0 Å². The Balaban J connectivity index is 2.46. The minimum Gasteiger partial charge on any atom is -0.294 e. The third-order valence-electron chi connectivity index (χ3n) is 2.27. The quantitative estimate of drug-likeness (QED) is 0.756. The Labute approximate surface area is 103 Å². The molecule has 0 saturated heterocycles. The maximum atomic E-state index is 11.2. The zero-order chi connectivity index (χ0) is 11.7. The first-order chi connectivity index (χ1) is 7.58. The predicted molar refractivity (Wildman–Crippen MR) is 67.3 cm³/mol. The first kappa shape index (κ1) is 11.3. The lowest BCUT2D eigenvalue weighted by Gasteiger charge is -2.01. The highest BCUT2D eigenvalue weighted by molar-refractivity contribution is 7.16. The number of carbonyl (C=O) groups excluding carboxylic acids is 1. The van der Waals surface area contributed by atoms with E-state index in [0.717, 1.165) is 16.1 Å². The smallest absolute Gasteiger partial charge is 0.171 e. The van der Waals surface area contributed by atoms with E-state index in [2.05, 4.69) is 4.98 Å². The summed E-state index contributed by atoms with van der Waals surface area (Å²) in [6.07, 6.45) is 1.62. The van der Waals surface area contributed by atoms with Gasteiger partial charge in [-0.2, -0.15) is 0 Å². The monoisotopic (exact) mass is 251 g/mol. The highest BCUT2D eigenvalue weighted by atomic mass is 35.5. The molecule has 0 fully saturated rings. The average Bonchev–Trinajstić information content (AvgIpc) is 2.66. The summed E-state index contributed by atoms with van der Waals surface area (Å²) in [6, 6.07) is 5.66. The van der Waals surface area contributed by atoms with E-state index in [4.69, 9.17) is 11.6 Å². The Morgan fingerprint density at radius 1 is 1.44 bits per heavy atom. The summed E-state index contributed by atoms with van der Waals surface area (Å²) in [5.74, 6) is 0.0513. The third kappa shape index (κ3) is 2.15. The van der Waals surface area contributed by atoms with Crippen molar-refractivity contribution >= 4 is 28.7 Å². The molecule has 0 spiro atoms. The van der Waals surface area contributed by atoms with Crippen LogP contribution >= 0.6 is 22.9 Å². The minimum atomic E-state index is 0.0513. The van der Waals surface area contributed by atoms with Crippen molar-refractivity contribution in [2.45, 2.75) is 13.8 Å². The van der Waals surface area contributed by atoms with E-state index >= 15 is 0 Å². The molecule has 4 heteroatoms. The first-order valence-electron chi connectivity index (χ1n) is 4.81. The number of Topliss-reactive ketones (excluding diaryl/α,β-unsaturated/α-hetero) is 1. The number of aryl methyl sites for hydroxylation is 1. The number of halogens is 1. The van der Waals surface area contributed by atoms with Gasteiger partial charge in [-0.25, -0.2) is 4.98 Å². The van der Waals surface area contributed by atoms with Gasteiger partial charge in [0, 0.05) is 23.7 Å².